The molecule has 0 aromatic carbocycles. The maximum Gasteiger partial charge on any atom is 0.322 e. The van der Waals surface area contributed by atoms with Crippen molar-refractivity contribution in [3.05, 3.63) is 0 Å². The number of esters is 1. The van der Waals surface area contributed by atoms with E-state index in [1.807, 2.05) is 6.92 Å². The Morgan fingerprint density at radius 2 is 1.93 bits per heavy atom. The molecule has 1 unspecified atom stereocenters. The van der Waals surface area contributed by atoms with Crippen LogP contribution in [0.4, 0.5) is 0 Å². The van der Waals surface area contributed by atoms with Gasteiger partial charge in [-0.25, -0.2) is 0 Å². The molecule has 0 heterocycles. The molecule has 0 saturated carbocycles. The molecule has 3 heteroatoms. The molecule has 2 N–H and O–H groups in total. The summed E-state index contributed by atoms with van der Waals surface area (Å²) in [4.78, 5) is 11.1. The van der Waals surface area contributed by atoms with E-state index in [-0.39, 0.29) is 12.1 Å². The average Bonchev–Trinajstić information content (AvgIpc) is 2.12. The minimum Gasteiger partial charge on any atom is -0.462 e. The van der Waals surface area contributed by atoms with Crippen molar-refractivity contribution in [2.24, 2.45) is 5.73 Å². The Morgan fingerprint density at radius 1 is 1.29 bits per heavy atom. The summed E-state index contributed by atoms with van der Waals surface area (Å²) >= 11 is 0. The van der Waals surface area contributed by atoms with E-state index >= 15 is 0 Å². The van der Waals surface area contributed by atoms with Crippen LogP contribution in [0, 0.1) is 0 Å². The molecule has 0 fully saturated rings. The molecular formula is C11H23NO2. The Balaban J connectivity index is 3.45. The highest BCUT2D eigenvalue weighted by atomic mass is 16.5. The molecule has 0 saturated heterocycles. The van der Waals surface area contributed by atoms with E-state index in [0.29, 0.717) is 0 Å². The monoisotopic (exact) mass is 201 g/mol. The second-order valence-electron chi connectivity index (χ2n) is 3.89. The van der Waals surface area contributed by atoms with E-state index in [2.05, 4.69) is 6.92 Å². The molecule has 0 aliphatic carbocycles. The van der Waals surface area contributed by atoms with Crippen LogP contribution in [0.15, 0.2) is 0 Å². The molecule has 0 aromatic rings. The van der Waals surface area contributed by atoms with E-state index in [1.54, 1.807) is 6.92 Å². The van der Waals surface area contributed by atoms with Crippen LogP contribution in [0.25, 0.3) is 0 Å². The number of hydrogen-bond acceptors (Lipinski definition) is 3. The van der Waals surface area contributed by atoms with E-state index in [4.69, 9.17) is 10.5 Å². The summed E-state index contributed by atoms with van der Waals surface area (Å²) in [6.45, 7) is 5.75. The van der Waals surface area contributed by atoms with Crippen LogP contribution < -0.4 is 5.73 Å². The fourth-order valence-corrected chi connectivity index (χ4v) is 1.22. The summed E-state index contributed by atoms with van der Waals surface area (Å²) < 4.78 is 5.13. The van der Waals surface area contributed by atoms with Crippen molar-refractivity contribution >= 4 is 5.97 Å². The van der Waals surface area contributed by atoms with Gasteiger partial charge in [0.25, 0.3) is 0 Å². The fraction of sp³-hybridized carbons (Fsp3) is 0.909. The summed E-state index contributed by atoms with van der Waals surface area (Å²) in [6, 6.07) is -0.506. The predicted molar refractivity (Wildman–Crippen MR) is 58.0 cm³/mol. The van der Waals surface area contributed by atoms with E-state index in [1.165, 1.54) is 19.3 Å². The van der Waals surface area contributed by atoms with Crippen LogP contribution in [0.3, 0.4) is 0 Å². The highest BCUT2D eigenvalue weighted by Gasteiger charge is 2.12. The number of rotatable bonds is 7. The highest BCUT2D eigenvalue weighted by Crippen LogP contribution is 2.08. The summed E-state index contributed by atoms with van der Waals surface area (Å²) in [5, 5.41) is 0. The predicted octanol–water partition coefficient (Wildman–Crippen LogP) is 2.24. The second-order valence-corrected chi connectivity index (χ2v) is 3.89. The first-order valence-corrected chi connectivity index (χ1v) is 5.54. The van der Waals surface area contributed by atoms with Crippen LogP contribution in [0.2, 0.25) is 0 Å². The summed E-state index contributed by atoms with van der Waals surface area (Å²) in [5.41, 5.74) is 5.39. The highest BCUT2D eigenvalue weighted by molar-refractivity contribution is 5.75. The maximum atomic E-state index is 11.1. The number of carbonyl (C=O) groups excluding carboxylic acids is 1. The first kappa shape index (κ1) is 13.4. The van der Waals surface area contributed by atoms with Crippen molar-refractivity contribution in [2.75, 3.05) is 0 Å². The van der Waals surface area contributed by atoms with Crippen molar-refractivity contribution in [3.63, 3.8) is 0 Å². The van der Waals surface area contributed by atoms with Crippen LogP contribution >= 0.6 is 0 Å². The van der Waals surface area contributed by atoms with E-state index in [9.17, 15) is 4.79 Å². The number of hydrogen-bond donors (Lipinski definition) is 1. The van der Waals surface area contributed by atoms with Gasteiger partial charge in [-0.15, -0.1) is 0 Å². The Morgan fingerprint density at radius 3 is 2.43 bits per heavy atom. The van der Waals surface area contributed by atoms with Crippen molar-refractivity contribution in [2.45, 2.75) is 65.0 Å². The Labute approximate surface area is 87.0 Å². The van der Waals surface area contributed by atoms with E-state index < -0.39 is 6.04 Å². The normalized spacial score (nSPS) is 14.9. The Hall–Kier alpha value is -0.570. The van der Waals surface area contributed by atoms with Gasteiger partial charge in [-0.3, -0.25) is 4.79 Å². The molecule has 0 amide bonds. The lowest BCUT2D eigenvalue weighted by molar-refractivity contribution is -0.149. The molecule has 0 spiro atoms. The summed E-state index contributed by atoms with van der Waals surface area (Å²) in [7, 11) is 0. The molecule has 0 bridgehead atoms. The molecule has 0 aromatic heterocycles. The molecule has 3 nitrogen and oxygen atoms in total. The van der Waals surface area contributed by atoms with Gasteiger partial charge < -0.3 is 10.5 Å². The Bertz CT molecular complexity index is 157. The molecular weight excluding hydrogens is 178 g/mol. The van der Waals surface area contributed by atoms with Gasteiger partial charge in [-0.05, 0) is 26.7 Å². The van der Waals surface area contributed by atoms with Gasteiger partial charge in [-0.2, -0.15) is 0 Å². The number of nitrogens with two attached hydrogens (primary N) is 1. The average molecular weight is 201 g/mol. The lowest BCUT2D eigenvalue weighted by atomic mass is 10.1. The van der Waals surface area contributed by atoms with Gasteiger partial charge in [0.15, 0.2) is 0 Å². The lowest BCUT2D eigenvalue weighted by Crippen LogP contribution is -2.31. The standard InChI is InChI=1S/C11H23NO2/c1-4-5-6-7-8-9(2)14-11(13)10(3)12/h9-10H,4-8,12H2,1-3H3/t9?,10-/m0/s1. The zero-order chi connectivity index (χ0) is 11.0. The van der Waals surface area contributed by atoms with Crippen molar-refractivity contribution in [1.82, 2.24) is 0 Å². The first-order valence-electron chi connectivity index (χ1n) is 5.54. The number of unbranched alkanes of at least 4 members (excludes halogenated alkanes) is 3. The zero-order valence-electron chi connectivity index (χ0n) is 9.58. The minimum absolute atomic E-state index is 0.00496. The van der Waals surface area contributed by atoms with Gasteiger partial charge in [-0.1, -0.05) is 26.2 Å². The van der Waals surface area contributed by atoms with Gasteiger partial charge in [0.05, 0.1) is 6.10 Å². The molecule has 0 aliphatic heterocycles. The van der Waals surface area contributed by atoms with E-state index in [0.717, 1.165) is 12.8 Å². The smallest absolute Gasteiger partial charge is 0.322 e. The van der Waals surface area contributed by atoms with Crippen LogP contribution in [-0.4, -0.2) is 18.1 Å². The number of ether oxygens (including phenoxy) is 1. The van der Waals surface area contributed by atoms with Gasteiger partial charge >= 0.3 is 5.97 Å². The summed E-state index contributed by atoms with van der Waals surface area (Å²) in [5.74, 6) is -0.298. The third-order valence-corrected chi connectivity index (χ3v) is 2.15. The SMILES string of the molecule is CCCCCCC(C)OC(=O)[C@H](C)N. The molecule has 0 rings (SSSR count). The van der Waals surface area contributed by atoms with Crippen molar-refractivity contribution in [1.29, 1.82) is 0 Å². The van der Waals surface area contributed by atoms with Gasteiger partial charge in [0.2, 0.25) is 0 Å². The molecule has 0 radical (unpaired) electrons. The zero-order valence-corrected chi connectivity index (χ0v) is 9.58. The minimum atomic E-state index is -0.506. The number of carbonyl (C=O) groups is 1. The fourth-order valence-electron chi connectivity index (χ4n) is 1.22. The second kappa shape index (κ2) is 7.80. The third kappa shape index (κ3) is 6.89. The summed E-state index contributed by atoms with van der Waals surface area (Å²) in [6.07, 6.45) is 5.78. The van der Waals surface area contributed by atoms with Crippen LogP contribution in [0.5, 0.6) is 0 Å². The van der Waals surface area contributed by atoms with Crippen LogP contribution in [-0.2, 0) is 9.53 Å². The van der Waals surface area contributed by atoms with Gasteiger partial charge in [0, 0.05) is 0 Å². The third-order valence-electron chi connectivity index (χ3n) is 2.15. The molecule has 2 atom stereocenters. The lowest BCUT2D eigenvalue weighted by Gasteiger charge is -2.14. The Kier molecular flexibility index (Phi) is 7.48. The first-order chi connectivity index (χ1) is 6.57. The topological polar surface area (TPSA) is 52.3 Å². The van der Waals surface area contributed by atoms with Gasteiger partial charge in [0.1, 0.15) is 6.04 Å². The van der Waals surface area contributed by atoms with Crippen LogP contribution in [0.1, 0.15) is 52.9 Å². The molecule has 84 valence electrons. The molecule has 14 heavy (non-hydrogen) atoms. The maximum absolute atomic E-state index is 11.1. The van der Waals surface area contributed by atoms with Crippen molar-refractivity contribution in [3.8, 4) is 0 Å². The van der Waals surface area contributed by atoms with Crippen molar-refractivity contribution < 1.29 is 9.53 Å². The quantitative estimate of drug-likeness (QED) is 0.507. The largest absolute Gasteiger partial charge is 0.462 e. The molecule has 0 aliphatic rings.